The smallest absolute Gasteiger partial charge is 0.330 e. The number of rotatable bonds is 6. The van der Waals surface area contributed by atoms with Crippen LogP contribution in [0.3, 0.4) is 0 Å². The van der Waals surface area contributed by atoms with E-state index in [1.165, 1.54) is 0 Å². The highest BCUT2D eigenvalue weighted by atomic mass is 32.1. The van der Waals surface area contributed by atoms with E-state index in [2.05, 4.69) is 17.4 Å². The van der Waals surface area contributed by atoms with Crippen LogP contribution in [0.4, 0.5) is 0 Å². The van der Waals surface area contributed by atoms with Crippen LogP contribution in [0, 0.1) is 0 Å². The summed E-state index contributed by atoms with van der Waals surface area (Å²) >= 11 is 3.95. The summed E-state index contributed by atoms with van der Waals surface area (Å²) < 4.78 is 4.64. The van der Waals surface area contributed by atoms with E-state index in [0.29, 0.717) is 18.6 Å². The van der Waals surface area contributed by atoms with Gasteiger partial charge >= 0.3 is 11.9 Å². The Morgan fingerprint density at radius 3 is 2.26 bits per heavy atom. The van der Waals surface area contributed by atoms with Crippen LogP contribution in [0.5, 0.6) is 0 Å². The molecule has 0 fully saturated rings. The van der Waals surface area contributed by atoms with E-state index in [0.717, 1.165) is 5.56 Å². The number of thiol groups is 1. The van der Waals surface area contributed by atoms with Gasteiger partial charge in [0.2, 0.25) is 0 Å². The number of ether oxygens (including phenoxy) is 1. The van der Waals surface area contributed by atoms with Crippen molar-refractivity contribution in [2.24, 2.45) is 11.5 Å². The van der Waals surface area contributed by atoms with E-state index < -0.39 is 24.0 Å². The fourth-order valence-corrected chi connectivity index (χ4v) is 1.74. The summed E-state index contributed by atoms with van der Waals surface area (Å²) in [6.07, 6.45) is 0.665. The van der Waals surface area contributed by atoms with E-state index in [1.807, 2.05) is 30.3 Å². The van der Waals surface area contributed by atoms with Crippen molar-refractivity contribution in [1.29, 1.82) is 0 Å². The third-order valence-electron chi connectivity index (χ3n) is 2.55. The van der Waals surface area contributed by atoms with Gasteiger partial charge < -0.3 is 16.2 Å². The number of hydrogen-bond donors (Lipinski definition) is 3. The molecule has 5 nitrogen and oxygen atoms in total. The largest absolute Gasteiger partial charge is 0.391 e. The second-order valence-corrected chi connectivity index (χ2v) is 4.60. The third kappa shape index (κ3) is 5.42. The van der Waals surface area contributed by atoms with Gasteiger partial charge in [0.1, 0.15) is 12.1 Å². The van der Waals surface area contributed by atoms with Crippen molar-refractivity contribution in [2.45, 2.75) is 24.9 Å². The first kappa shape index (κ1) is 15.7. The maximum absolute atomic E-state index is 11.6. The molecule has 0 amide bonds. The second-order valence-electron chi connectivity index (χ2n) is 4.16. The van der Waals surface area contributed by atoms with Gasteiger partial charge in [-0.05, 0) is 24.2 Å². The molecule has 4 N–H and O–H groups in total. The fourth-order valence-electron chi connectivity index (χ4n) is 1.46. The van der Waals surface area contributed by atoms with Crippen molar-refractivity contribution in [3.63, 3.8) is 0 Å². The van der Waals surface area contributed by atoms with Crippen LogP contribution < -0.4 is 11.5 Å². The Balaban J connectivity index is 2.47. The van der Waals surface area contributed by atoms with Crippen LogP contribution in [-0.2, 0) is 20.7 Å². The molecule has 0 heterocycles. The van der Waals surface area contributed by atoms with Gasteiger partial charge in [-0.3, -0.25) is 0 Å². The molecule has 1 aromatic rings. The molecule has 6 heteroatoms. The molecule has 0 spiro atoms. The Kier molecular flexibility index (Phi) is 6.55. The zero-order chi connectivity index (χ0) is 14.3. The lowest BCUT2D eigenvalue weighted by molar-refractivity contribution is -0.161. The molecule has 0 unspecified atom stereocenters. The molecule has 0 aliphatic heterocycles. The molecule has 0 aliphatic carbocycles. The second kappa shape index (κ2) is 7.93. The summed E-state index contributed by atoms with van der Waals surface area (Å²) in [5.74, 6) is -1.08. The molecular formula is C13H18N2O3S. The predicted octanol–water partition coefficient (Wildman–Crippen LogP) is 0.273. The number of benzene rings is 1. The number of carbonyl (C=O) groups excluding carboxylic acids is 2. The van der Waals surface area contributed by atoms with Gasteiger partial charge in [0.15, 0.2) is 0 Å². The fraction of sp³-hybridized carbons (Fsp3) is 0.385. The van der Waals surface area contributed by atoms with E-state index >= 15 is 0 Å². The summed E-state index contributed by atoms with van der Waals surface area (Å²) in [4.78, 5) is 23.1. The monoisotopic (exact) mass is 282 g/mol. The van der Waals surface area contributed by atoms with Crippen LogP contribution in [-0.4, -0.2) is 29.8 Å². The average molecular weight is 282 g/mol. The molecule has 1 rings (SSSR count). The minimum absolute atomic E-state index is 0.314. The van der Waals surface area contributed by atoms with Gasteiger partial charge in [-0.25, -0.2) is 9.59 Å². The lowest BCUT2D eigenvalue weighted by Gasteiger charge is -2.13. The third-order valence-corrected chi connectivity index (χ3v) is 2.80. The minimum Gasteiger partial charge on any atom is -0.391 e. The normalized spacial score (nSPS) is 13.6. The van der Waals surface area contributed by atoms with Crippen LogP contribution >= 0.6 is 12.6 Å². The van der Waals surface area contributed by atoms with Gasteiger partial charge in [0, 0.05) is 0 Å². The van der Waals surface area contributed by atoms with Gasteiger partial charge in [0.05, 0.1) is 0 Å². The average Bonchev–Trinajstić information content (AvgIpc) is 2.40. The topological polar surface area (TPSA) is 95.4 Å². The molecule has 2 atom stereocenters. The van der Waals surface area contributed by atoms with Crippen LogP contribution in [0.25, 0.3) is 0 Å². The van der Waals surface area contributed by atoms with Crippen LogP contribution in [0.2, 0.25) is 0 Å². The molecule has 19 heavy (non-hydrogen) atoms. The van der Waals surface area contributed by atoms with E-state index in [1.54, 1.807) is 0 Å². The van der Waals surface area contributed by atoms with Gasteiger partial charge in [-0.1, -0.05) is 30.3 Å². The molecule has 0 saturated carbocycles. The highest BCUT2D eigenvalue weighted by Crippen LogP contribution is 2.04. The minimum atomic E-state index is -0.880. The van der Waals surface area contributed by atoms with Crippen molar-refractivity contribution < 1.29 is 14.3 Å². The lowest BCUT2D eigenvalue weighted by Crippen LogP contribution is -2.40. The highest BCUT2D eigenvalue weighted by Gasteiger charge is 2.22. The Hall–Kier alpha value is -1.37. The first-order valence-corrected chi connectivity index (χ1v) is 6.59. The number of esters is 2. The van der Waals surface area contributed by atoms with Crippen molar-refractivity contribution in [1.82, 2.24) is 0 Å². The van der Waals surface area contributed by atoms with Gasteiger partial charge in [0.25, 0.3) is 0 Å². The SMILES string of the molecule is N[C@H](CCS)C(=O)OC(=O)[C@@H](N)Cc1ccccc1. The number of hydrogen-bond acceptors (Lipinski definition) is 6. The summed E-state index contributed by atoms with van der Waals surface area (Å²) in [5.41, 5.74) is 12.1. The molecule has 0 aromatic heterocycles. The number of nitrogens with two attached hydrogens (primary N) is 2. The molecule has 0 aliphatic rings. The van der Waals surface area contributed by atoms with Gasteiger partial charge in [-0.15, -0.1) is 0 Å². The number of carbonyl (C=O) groups is 2. The molecule has 104 valence electrons. The van der Waals surface area contributed by atoms with Crippen molar-refractivity contribution in [2.75, 3.05) is 5.75 Å². The van der Waals surface area contributed by atoms with E-state index in [9.17, 15) is 9.59 Å². The van der Waals surface area contributed by atoms with Crippen LogP contribution in [0.15, 0.2) is 30.3 Å². The molecular weight excluding hydrogens is 264 g/mol. The Labute approximate surface area is 117 Å². The van der Waals surface area contributed by atoms with Crippen molar-refractivity contribution in [3.8, 4) is 0 Å². The first-order valence-electron chi connectivity index (χ1n) is 5.96. The van der Waals surface area contributed by atoms with Crippen LogP contribution in [0.1, 0.15) is 12.0 Å². The van der Waals surface area contributed by atoms with E-state index in [4.69, 9.17) is 11.5 Å². The van der Waals surface area contributed by atoms with Gasteiger partial charge in [-0.2, -0.15) is 12.6 Å². The summed E-state index contributed by atoms with van der Waals surface area (Å²) in [6, 6.07) is 7.54. The lowest BCUT2D eigenvalue weighted by atomic mass is 10.1. The molecule has 0 radical (unpaired) electrons. The Morgan fingerprint density at radius 2 is 1.68 bits per heavy atom. The molecule has 1 aromatic carbocycles. The maximum atomic E-state index is 11.6. The summed E-state index contributed by atoms with van der Waals surface area (Å²) in [7, 11) is 0. The summed E-state index contributed by atoms with van der Waals surface area (Å²) in [5, 5.41) is 0. The standard InChI is InChI=1S/C13H18N2O3S/c14-10(6-7-19)12(16)18-13(17)11(15)8-9-4-2-1-3-5-9/h1-5,10-11,19H,6-8,14-15H2/t10-,11+/m1/s1. The van der Waals surface area contributed by atoms with Crippen molar-refractivity contribution in [3.05, 3.63) is 35.9 Å². The first-order chi connectivity index (χ1) is 9.04. The highest BCUT2D eigenvalue weighted by molar-refractivity contribution is 7.80. The van der Waals surface area contributed by atoms with E-state index in [-0.39, 0.29) is 0 Å². The maximum Gasteiger partial charge on any atom is 0.330 e. The molecule has 0 saturated heterocycles. The zero-order valence-corrected chi connectivity index (χ0v) is 11.4. The summed E-state index contributed by atoms with van der Waals surface area (Å²) in [6.45, 7) is 0. The Morgan fingerprint density at radius 1 is 1.11 bits per heavy atom. The zero-order valence-electron chi connectivity index (χ0n) is 10.5. The molecule has 0 bridgehead atoms. The Bertz CT molecular complexity index is 425. The quantitative estimate of drug-likeness (QED) is 0.395. The predicted molar refractivity (Wildman–Crippen MR) is 75.7 cm³/mol. The van der Waals surface area contributed by atoms with Crippen molar-refractivity contribution >= 4 is 24.6 Å².